The van der Waals surface area contributed by atoms with Crippen molar-refractivity contribution in [3.63, 3.8) is 0 Å². The SMILES string of the molecule is O=C(c1ccc(-c2cccc(Cl)c2)cc1)N1CC(n2cc(Cn3nccn3)nn2)C1. The minimum atomic E-state index is 0.0185. The average molecular weight is 420 g/mol. The summed E-state index contributed by atoms with van der Waals surface area (Å²) in [5.41, 5.74) is 3.51. The van der Waals surface area contributed by atoms with Crippen LogP contribution < -0.4 is 0 Å². The van der Waals surface area contributed by atoms with E-state index in [4.69, 9.17) is 11.6 Å². The van der Waals surface area contributed by atoms with Gasteiger partial charge in [-0.1, -0.05) is 41.1 Å². The summed E-state index contributed by atoms with van der Waals surface area (Å²) in [7, 11) is 0. The van der Waals surface area contributed by atoms with Crippen molar-refractivity contribution < 1.29 is 4.79 Å². The van der Waals surface area contributed by atoms with E-state index in [1.54, 1.807) is 17.2 Å². The molecule has 1 fully saturated rings. The van der Waals surface area contributed by atoms with E-state index < -0.39 is 0 Å². The molecule has 0 radical (unpaired) electrons. The van der Waals surface area contributed by atoms with E-state index in [0.717, 1.165) is 16.8 Å². The number of hydrogen-bond acceptors (Lipinski definition) is 5. The molecule has 0 bridgehead atoms. The van der Waals surface area contributed by atoms with Gasteiger partial charge in [0.05, 0.1) is 24.6 Å². The maximum atomic E-state index is 12.8. The third kappa shape index (κ3) is 3.69. The van der Waals surface area contributed by atoms with Gasteiger partial charge in [0.2, 0.25) is 0 Å². The van der Waals surface area contributed by atoms with Crippen molar-refractivity contribution in [1.82, 2.24) is 34.9 Å². The zero-order chi connectivity index (χ0) is 20.5. The van der Waals surface area contributed by atoms with Crippen molar-refractivity contribution in [2.45, 2.75) is 12.6 Å². The van der Waals surface area contributed by atoms with Gasteiger partial charge in [-0.3, -0.25) is 4.79 Å². The predicted octanol–water partition coefficient (Wildman–Crippen LogP) is 2.94. The Labute approximate surface area is 177 Å². The predicted molar refractivity (Wildman–Crippen MR) is 111 cm³/mol. The van der Waals surface area contributed by atoms with E-state index in [2.05, 4.69) is 20.5 Å². The molecule has 0 spiro atoms. The molecule has 5 rings (SSSR count). The van der Waals surface area contributed by atoms with Gasteiger partial charge < -0.3 is 4.90 Å². The van der Waals surface area contributed by atoms with Crippen molar-refractivity contribution in [2.75, 3.05) is 13.1 Å². The summed E-state index contributed by atoms with van der Waals surface area (Å²) >= 11 is 6.07. The fraction of sp³-hybridized carbons (Fsp3) is 0.190. The van der Waals surface area contributed by atoms with Gasteiger partial charge in [-0.05, 0) is 35.4 Å². The first kappa shape index (κ1) is 18.5. The number of halogens is 1. The van der Waals surface area contributed by atoms with Crippen molar-refractivity contribution in [2.24, 2.45) is 0 Å². The number of nitrogens with zero attached hydrogens (tertiary/aromatic N) is 7. The lowest BCUT2D eigenvalue weighted by Gasteiger charge is -2.38. The number of benzene rings is 2. The number of hydrogen-bond donors (Lipinski definition) is 0. The highest BCUT2D eigenvalue weighted by Crippen LogP contribution is 2.26. The Morgan fingerprint density at radius 3 is 2.53 bits per heavy atom. The summed E-state index contributed by atoms with van der Waals surface area (Å²) in [6, 6.07) is 15.4. The summed E-state index contributed by atoms with van der Waals surface area (Å²) in [6.45, 7) is 1.69. The second-order valence-corrected chi connectivity index (χ2v) is 7.64. The smallest absolute Gasteiger partial charge is 0.253 e. The number of likely N-dealkylation sites (tertiary alicyclic amines) is 1. The van der Waals surface area contributed by atoms with Gasteiger partial charge in [-0.25, -0.2) is 4.68 Å². The van der Waals surface area contributed by atoms with E-state index >= 15 is 0 Å². The molecular formula is C21H18ClN7O. The molecule has 3 heterocycles. The number of aromatic nitrogens is 6. The molecule has 1 aliphatic heterocycles. The molecule has 1 aliphatic rings. The van der Waals surface area contributed by atoms with Crippen LogP contribution in [-0.2, 0) is 6.54 Å². The Bertz CT molecular complexity index is 1160. The number of carbonyl (C=O) groups excluding carboxylic acids is 1. The van der Waals surface area contributed by atoms with E-state index in [-0.39, 0.29) is 11.9 Å². The molecule has 9 heteroatoms. The quantitative estimate of drug-likeness (QED) is 0.496. The molecule has 2 aromatic carbocycles. The third-order valence-corrected chi connectivity index (χ3v) is 5.38. The molecule has 30 heavy (non-hydrogen) atoms. The van der Waals surface area contributed by atoms with Crippen LogP contribution in [0.5, 0.6) is 0 Å². The van der Waals surface area contributed by atoms with Crippen molar-refractivity contribution in [1.29, 1.82) is 0 Å². The lowest BCUT2D eigenvalue weighted by Crippen LogP contribution is -2.50. The highest BCUT2D eigenvalue weighted by Gasteiger charge is 2.33. The van der Waals surface area contributed by atoms with Crippen LogP contribution in [0.3, 0.4) is 0 Å². The van der Waals surface area contributed by atoms with Gasteiger partial charge in [0.25, 0.3) is 5.91 Å². The molecule has 8 nitrogen and oxygen atoms in total. The number of rotatable bonds is 5. The van der Waals surface area contributed by atoms with Crippen LogP contribution >= 0.6 is 11.6 Å². The molecule has 0 saturated carbocycles. The van der Waals surface area contributed by atoms with Crippen LogP contribution in [-0.4, -0.2) is 53.9 Å². The van der Waals surface area contributed by atoms with Crippen LogP contribution in [0.1, 0.15) is 22.1 Å². The van der Waals surface area contributed by atoms with Gasteiger partial charge in [0.1, 0.15) is 12.2 Å². The Morgan fingerprint density at radius 2 is 1.80 bits per heavy atom. The minimum Gasteiger partial charge on any atom is -0.334 e. The first-order valence-electron chi connectivity index (χ1n) is 9.56. The lowest BCUT2D eigenvalue weighted by atomic mass is 10.0. The second kappa shape index (κ2) is 7.72. The average Bonchev–Trinajstić information content (AvgIpc) is 3.40. The molecule has 4 aromatic rings. The monoisotopic (exact) mass is 419 g/mol. The zero-order valence-corrected chi connectivity index (χ0v) is 16.7. The summed E-state index contributed by atoms with van der Waals surface area (Å²) in [4.78, 5) is 16.1. The number of carbonyl (C=O) groups is 1. The first-order chi connectivity index (χ1) is 14.7. The lowest BCUT2D eigenvalue weighted by molar-refractivity contribution is 0.0498. The van der Waals surface area contributed by atoms with Gasteiger partial charge in [-0.15, -0.1) is 5.10 Å². The molecule has 1 amide bonds. The van der Waals surface area contributed by atoms with Gasteiger partial charge in [0.15, 0.2) is 0 Å². The Hall–Kier alpha value is -3.52. The normalized spacial score (nSPS) is 14.0. The van der Waals surface area contributed by atoms with Crippen molar-refractivity contribution in [3.8, 4) is 11.1 Å². The Kier molecular flexibility index (Phi) is 4.76. The van der Waals surface area contributed by atoms with E-state index in [1.165, 1.54) is 0 Å². The van der Waals surface area contributed by atoms with E-state index in [9.17, 15) is 4.79 Å². The molecule has 1 saturated heterocycles. The Morgan fingerprint density at radius 1 is 1.03 bits per heavy atom. The van der Waals surface area contributed by atoms with Gasteiger partial charge >= 0.3 is 0 Å². The van der Waals surface area contributed by atoms with Crippen LogP contribution in [0.4, 0.5) is 0 Å². The highest BCUT2D eigenvalue weighted by molar-refractivity contribution is 6.30. The van der Waals surface area contributed by atoms with Crippen molar-refractivity contribution >= 4 is 17.5 Å². The van der Waals surface area contributed by atoms with Gasteiger partial charge in [-0.2, -0.15) is 15.0 Å². The van der Waals surface area contributed by atoms with Crippen LogP contribution in [0, 0.1) is 0 Å². The minimum absolute atomic E-state index is 0.0185. The van der Waals surface area contributed by atoms with E-state index in [0.29, 0.717) is 30.2 Å². The highest BCUT2D eigenvalue weighted by atomic mass is 35.5. The molecule has 0 unspecified atom stereocenters. The van der Waals surface area contributed by atoms with Crippen LogP contribution in [0.15, 0.2) is 67.1 Å². The second-order valence-electron chi connectivity index (χ2n) is 7.20. The largest absolute Gasteiger partial charge is 0.334 e. The molecule has 150 valence electrons. The maximum Gasteiger partial charge on any atom is 0.253 e. The summed E-state index contributed by atoms with van der Waals surface area (Å²) in [5, 5.41) is 17.2. The number of amides is 1. The zero-order valence-electron chi connectivity index (χ0n) is 16.0. The maximum absolute atomic E-state index is 12.8. The first-order valence-corrected chi connectivity index (χ1v) is 9.93. The topological polar surface area (TPSA) is 81.7 Å². The Balaban J connectivity index is 1.20. The third-order valence-electron chi connectivity index (χ3n) is 5.14. The van der Waals surface area contributed by atoms with Gasteiger partial charge in [0, 0.05) is 23.7 Å². The van der Waals surface area contributed by atoms with Crippen LogP contribution in [0.25, 0.3) is 11.1 Å². The molecule has 2 aromatic heterocycles. The molecule has 0 atom stereocenters. The summed E-state index contributed by atoms with van der Waals surface area (Å²) in [5.74, 6) is 0.0185. The summed E-state index contributed by atoms with van der Waals surface area (Å²) < 4.78 is 1.81. The molecule has 0 N–H and O–H groups in total. The van der Waals surface area contributed by atoms with Crippen molar-refractivity contribution in [3.05, 3.63) is 83.4 Å². The standard InChI is InChI=1S/C21H18ClN7O/c22-18-3-1-2-17(10-18)15-4-6-16(7-5-15)21(30)27-13-20(14-27)28-11-19(25-26-28)12-29-23-8-9-24-29/h1-11,20H,12-14H2. The molecule has 0 aliphatic carbocycles. The van der Waals surface area contributed by atoms with E-state index in [1.807, 2.05) is 64.3 Å². The molecular weight excluding hydrogens is 402 g/mol. The summed E-state index contributed by atoms with van der Waals surface area (Å²) in [6.07, 6.45) is 5.14. The fourth-order valence-corrected chi connectivity index (χ4v) is 3.67. The fourth-order valence-electron chi connectivity index (χ4n) is 3.48. The van der Waals surface area contributed by atoms with Crippen LogP contribution in [0.2, 0.25) is 5.02 Å².